The van der Waals surface area contributed by atoms with Crippen LogP contribution in [0, 0.1) is 12.3 Å². The fourth-order valence-electron chi connectivity index (χ4n) is 3.37. The van der Waals surface area contributed by atoms with E-state index in [1.54, 1.807) is 0 Å². The van der Waals surface area contributed by atoms with Gasteiger partial charge in [0.25, 0.3) is 0 Å². The monoisotopic (exact) mass is 379 g/mol. The second kappa shape index (κ2) is 10.5. The number of rotatable bonds is 10. The van der Waals surface area contributed by atoms with Crippen molar-refractivity contribution < 1.29 is 19.0 Å². The van der Waals surface area contributed by atoms with E-state index in [1.165, 1.54) is 22.3 Å². The van der Waals surface area contributed by atoms with Crippen LogP contribution in [0.1, 0.15) is 23.5 Å². The minimum absolute atomic E-state index is 0.0736. The lowest BCUT2D eigenvalue weighted by Crippen LogP contribution is -2.27. The zero-order valence-electron chi connectivity index (χ0n) is 15.9. The summed E-state index contributed by atoms with van der Waals surface area (Å²) in [5.41, 5.74) is 4.85. The summed E-state index contributed by atoms with van der Waals surface area (Å²) < 4.78 is 16.0. The Morgan fingerprint density at radius 3 is 2.29 bits per heavy atom. The molecule has 1 aliphatic carbocycles. The fraction of sp³-hybridized carbons (Fsp3) is 0.348. The van der Waals surface area contributed by atoms with E-state index < -0.39 is 6.09 Å². The van der Waals surface area contributed by atoms with Gasteiger partial charge in [0.15, 0.2) is 0 Å². The van der Waals surface area contributed by atoms with Gasteiger partial charge in [0.2, 0.25) is 0 Å². The first-order valence-corrected chi connectivity index (χ1v) is 9.49. The molecule has 1 amide bonds. The summed E-state index contributed by atoms with van der Waals surface area (Å²) in [5, 5.41) is 2.77. The molecule has 0 saturated carbocycles. The van der Waals surface area contributed by atoms with Crippen LogP contribution in [0.5, 0.6) is 0 Å². The summed E-state index contributed by atoms with van der Waals surface area (Å²) in [5.74, 6) is 2.47. The van der Waals surface area contributed by atoms with Gasteiger partial charge in [0, 0.05) is 19.1 Å². The van der Waals surface area contributed by atoms with Crippen molar-refractivity contribution in [1.82, 2.24) is 5.32 Å². The Morgan fingerprint density at radius 2 is 1.61 bits per heavy atom. The molecule has 3 rings (SSSR count). The third kappa shape index (κ3) is 5.13. The fourth-order valence-corrected chi connectivity index (χ4v) is 3.37. The zero-order valence-corrected chi connectivity index (χ0v) is 15.9. The molecule has 0 spiro atoms. The normalized spacial score (nSPS) is 12.1. The highest BCUT2D eigenvalue weighted by atomic mass is 16.5. The third-order valence-corrected chi connectivity index (χ3v) is 4.64. The molecule has 0 saturated heterocycles. The van der Waals surface area contributed by atoms with E-state index in [2.05, 4.69) is 35.5 Å². The highest BCUT2D eigenvalue weighted by Crippen LogP contribution is 2.44. The van der Waals surface area contributed by atoms with Crippen molar-refractivity contribution in [1.29, 1.82) is 0 Å². The number of benzene rings is 2. The Bertz CT molecular complexity index is 782. The molecule has 0 aromatic heterocycles. The summed E-state index contributed by atoms with van der Waals surface area (Å²) in [6, 6.07) is 16.6. The van der Waals surface area contributed by atoms with Gasteiger partial charge < -0.3 is 19.5 Å². The molecule has 0 bridgehead atoms. The quantitative estimate of drug-likeness (QED) is 0.506. The second-order valence-electron chi connectivity index (χ2n) is 6.47. The third-order valence-electron chi connectivity index (χ3n) is 4.64. The highest BCUT2D eigenvalue weighted by Gasteiger charge is 2.28. The topological polar surface area (TPSA) is 56.8 Å². The summed E-state index contributed by atoms with van der Waals surface area (Å²) in [7, 11) is 0. The summed E-state index contributed by atoms with van der Waals surface area (Å²) >= 11 is 0. The van der Waals surface area contributed by atoms with Crippen molar-refractivity contribution in [2.45, 2.75) is 12.3 Å². The molecule has 0 fully saturated rings. The highest BCUT2D eigenvalue weighted by molar-refractivity contribution is 5.79. The first-order valence-electron chi connectivity index (χ1n) is 9.49. The Kier molecular flexibility index (Phi) is 7.48. The first-order chi connectivity index (χ1) is 13.8. The number of ether oxygens (including phenoxy) is 3. The minimum atomic E-state index is -0.404. The molecule has 146 valence electrons. The Hall–Kier alpha value is -2.81. The number of hydrogen-bond acceptors (Lipinski definition) is 4. The molecule has 1 N–H and O–H groups in total. The molecular formula is C23H25NO4. The number of terminal acetylenes is 1. The van der Waals surface area contributed by atoms with E-state index in [0.29, 0.717) is 46.0 Å². The van der Waals surface area contributed by atoms with Crippen molar-refractivity contribution >= 4 is 6.09 Å². The van der Waals surface area contributed by atoms with E-state index in [1.807, 2.05) is 24.3 Å². The first kappa shape index (κ1) is 19.9. The summed E-state index contributed by atoms with van der Waals surface area (Å²) in [6.07, 6.45) is 5.39. The number of carbonyl (C=O) groups excluding carboxylic acids is 1. The standard InChI is InChI=1S/C23H25NO4/c1-2-13-26-15-16-27-14-7-12-24-23(25)28-17-22-20-10-5-3-8-18(20)19-9-4-6-11-21(19)22/h1,3-6,8-11,22H,7,12-17H2,(H,24,25). The van der Waals surface area contributed by atoms with E-state index in [-0.39, 0.29) is 5.92 Å². The predicted molar refractivity (Wildman–Crippen MR) is 108 cm³/mol. The molecule has 0 radical (unpaired) electrons. The predicted octanol–water partition coefficient (Wildman–Crippen LogP) is 3.58. The van der Waals surface area contributed by atoms with E-state index in [9.17, 15) is 4.79 Å². The van der Waals surface area contributed by atoms with Crippen LogP contribution in [0.25, 0.3) is 11.1 Å². The molecule has 0 unspecified atom stereocenters. The van der Waals surface area contributed by atoms with Crippen molar-refractivity contribution in [3.63, 3.8) is 0 Å². The number of nitrogens with one attached hydrogen (secondary N) is 1. The van der Waals surface area contributed by atoms with E-state index in [4.69, 9.17) is 20.6 Å². The summed E-state index contributed by atoms with van der Waals surface area (Å²) in [6.45, 7) is 2.64. The Labute approximate surface area is 166 Å². The largest absolute Gasteiger partial charge is 0.449 e. The zero-order chi connectivity index (χ0) is 19.6. The number of amides is 1. The average molecular weight is 379 g/mol. The van der Waals surface area contributed by atoms with Crippen LogP contribution in [-0.2, 0) is 14.2 Å². The SMILES string of the molecule is C#CCOCCOCCCNC(=O)OCC1c2ccccc2-c2ccccc21. The lowest BCUT2D eigenvalue weighted by Gasteiger charge is -2.14. The van der Waals surface area contributed by atoms with Crippen LogP contribution < -0.4 is 5.32 Å². The van der Waals surface area contributed by atoms with Crippen LogP contribution in [0.2, 0.25) is 0 Å². The van der Waals surface area contributed by atoms with Crippen LogP contribution in [0.15, 0.2) is 48.5 Å². The van der Waals surface area contributed by atoms with Crippen LogP contribution in [-0.4, -0.2) is 45.7 Å². The molecule has 0 atom stereocenters. The van der Waals surface area contributed by atoms with Crippen LogP contribution in [0.4, 0.5) is 4.79 Å². The molecule has 2 aromatic carbocycles. The van der Waals surface area contributed by atoms with Crippen LogP contribution >= 0.6 is 0 Å². The molecule has 28 heavy (non-hydrogen) atoms. The van der Waals surface area contributed by atoms with Gasteiger partial charge in [-0.05, 0) is 28.7 Å². The van der Waals surface area contributed by atoms with Gasteiger partial charge in [-0.2, -0.15) is 0 Å². The molecule has 5 nitrogen and oxygen atoms in total. The van der Waals surface area contributed by atoms with Crippen molar-refractivity contribution in [2.24, 2.45) is 0 Å². The van der Waals surface area contributed by atoms with E-state index in [0.717, 1.165) is 0 Å². The van der Waals surface area contributed by atoms with Gasteiger partial charge in [-0.1, -0.05) is 54.5 Å². The van der Waals surface area contributed by atoms with E-state index >= 15 is 0 Å². The average Bonchev–Trinajstić information content (AvgIpc) is 3.05. The number of fused-ring (bicyclic) bond motifs is 3. The maximum absolute atomic E-state index is 12.0. The van der Waals surface area contributed by atoms with Gasteiger partial charge in [-0.25, -0.2) is 4.79 Å². The lowest BCUT2D eigenvalue weighted by atomic mass is 9.98. The Morgan fingerprint density at radius 1 is 0.964 bits per heavy atom. The van der Waals surface area contributed by atoms with Gasteiger partial charge in [-0.15, -0.1) is 6.42 Å². The lowest BCUT2D eigenvalue weighted by molar-refractivity contribution is 0.0589. The minimum Gasteiger partial charge on any atom is -0.449 e. The maximum Gasteiger partial charge on any atom is 0.407 e. The molecule has 1 aliphatic rings. The molecule has 2 aromatic rings. The number of alkyl carbamates (subject to hydrolysis) is 1. The second-order valence-corrected chi connectivity index (χ2v) is 6.47. The maximum atomic E-state index is 12.0. The molecule has 0 heterocycles. The number of hydrogen-bond donors (Lipinski definition) is 1. The molecule has 5 heteroatoms. The number of carbonyl (C=O) groups is 1. The Balaban J connectivity index is 1.38. The van der Waals surface area contributed by atoms with Gasteiger partial charge in [0.05, 0.1) is 13.2 Å². The molecular weight excluding hydrogens is 354 g/mol. The summed E-state index contributed by atoms with van der Waals surface area (Å²) in [4.78, 5) is 12.0. The van der Waals surface area contributed by atoms with Crippen LogP contribution in [0.3, 0.4) is 0 Å². The smallest absolute Gasteiger partial charge is 0.407 e. The molecule has 0 aliphatic heterocycles. The van der Waals surface area contributed by atoms with Gasteiger partial charge in [-0.3, -0.25) is 0 Å². The van der Waals surface area contributed by atoms with Crippen molar-refractivity contribution in [3.8, 4) is 23.5 Å². The van der Waals surface area contributed by atoms with Gasteiger partial charge >= 0.3 is 6.09 Å². The van der Waals surface area contributed by atoms with Gasteiger partial charge in [0.1, 0.15) is 13.2 Å². The van der Waals surface area contributed by atoms with Crippen molar-refractivity contribution in [2.75, 3.05) is 39.6 Å². The van der Waals surface area contributed by atoms with Crippen molar-refractivity contribution in [3.05, 3.63) is 59.7 Å².